The zero-order chi connectivity index (χ0) is 32.7. The highest BCUT2D eigenvalue weighted by Gasteiger charge is 2.30. The van der Waals surface area contributed by atoms with Crippen LogP contribution in [0.1, 0.15) is 54.5 Å². The summed E-state index contributed by atoms with van der Waals surface area (Å²) < 4.78 is 27.1. The number of para-hydroxylation sites is 1. The third-order valence-electron chi connectivity index (χ3n) is 7.45. The SMILES string of the molecule is COc1cccc(CC(=O)c2c(-c3ccccc3)c(-c3ccc(F)cc3)c(C=C[C@@H](O)C[C@@H](O)CC(=O)O)n2C(C)C)c1OC. The Morgan fingerprint density at radius 2 is 1.56 bits per heavy atom. The van der Waals surface area contributed by atoms with Crippen molar-refractivity contribution in [1.82, 2.24) is 4.57 Å². The number of carbonyl (C=O) groups excluding carboxylic acids is 1. The molecule has 0 saturated carbocycles. The number of benzene rings is 3. The van der Waals surface area contributed by atoms with E-state index in [1.54, 1.807) is 30.3 Å². The highest BCUT2D eigenvalue weighted by Crippen LogP contribution is 2.43. The second-order valence-corrected chi connectivity index (χ2v) is 11.0. The minimum Gasteiger partial charge on any atom is -0.493 e. The summed E-state index contributed by atoms with van der Waals surface area (Å²) in [6.45, 7) is 3.88. The second kappa shape index (κ2) is 14.8. The Labute approximate surface area is 262 Å². The Balaban J connectivity index is 1.98. The van der Waals surface area contributed by atoms with Gasteiger partial charge in [-0.3, -0.25) is 9.59 Å². The molecule has 4 aromatic rings. The van der Waals surface area contributed by atoms with Crippen LogP contribution in [0, 0.1) is 5.82 Å². The number of hydrogen-bond acceptors (Lipinski definition) is 6. The Morgan fingerprint density at radius 1 is 0.889 bits per heavy atom. The van der Waals surface area contributed by atoms with E-state index in [2.05, 4.69) is 0 Å². The molecule has 0 aliphatic carbocycles. The molecule has 0 bridgehead atoms. The van der Waals surface area contributed by atoms with E-state index in [1.165, 1.54) is 32.4 Å². The van der Waals surface area contributed by atoms with Crippen molar-refractivity contribution in [1.29, 1.82) is 0 Å². The first kappa shape index (κ1) is 33.2. The molecule has 2 atom stereocenters. The van der Waals surface area contributed by atoms with Gasteiger partial charge in [-0.15, -0.1) is 0 Å². The fourth-order valence-electron chi connectivity index (χ4n) is 5.57. The van der Waals surface area contributed by atoms with Gasteiger partial charge in [0, 0.05) is 41.3 Å². The summed E-state index contributed by atoms with van der Waals surface area (Å²) in [6.07, 6.45) is 0.0316. The van der Waals surface area contributed by atoms with Gasteiger partial charge in [-0.2, -0.15) is 0 Å². The van der Waals surface area contributed by atoms with Gasteiger partial charge in [0.05, 0.1) is 38.5 Å². The van der Waals surface area contributed by atoms with E-state index in [4.69, 9.17) is 14.6 Å². The number of aliphatic hydroxyl groups is 2. The molecular formula is C36H38FNO7. The summed E-state index contributed by atoms with van der Waals surface area (Å²) in [6, 6.07) is 20.6. The molecule has 236 valence electrons. The maximum Gasteiger partial charge on any atom is 0.305 e. The van der Waals surface area contributed by atoms with E-state index >= 15 is 0 Å². The number of carboxylic acids is 1. The molecule has 0 fully saturated rings. The molecular weight excluding hydrogens is 577 g/mol. The number of hydrogen-bond donors (Lipinski definition) is 3. The first-order chi connectivity index (χ1) is 21.5. The molecule has 0 spiro atoms. The maximum atomic E-state index is 14.5. The largest absolute Gasteiger partial charge is 0.493 e. The van der Waals surface area contributed by atoms with Gasteiger partial charge in [0.15, 0.2) is 17.3 Å². The van der Waals surface area contributed by atoms with Crippen molar-refractivity contribution in [3.05, 3.63) is 102 Å². The number of halogens is 1. The molecule has 0 amide bonds. The lowest BCUT2D eigenvalue weighted by Crippen LogP contribution is -2.19. The van der Waals surface area contributed by atoms with E-state index in [-0.39, 0.29) is 24.7 Å². The molecule has 0 aliphatic rings. The predicted molar refractivity (Wildman–Crippen MR) is 171 cm³/mol. The molecule has 3 N–H and O–H groups in total. The van der Waals surface area contributed by atoms with Crippen molar-refractivity contribution < 1.29 is 38.8 Å². The summed E-state index contributed by atoms with van der Waals surface area (Å²) in [7, 11) is 3.05. The lowest BCUT2D eigenvalue weighted by Gasteiger charge is -2.18. The standard InChI is InChI=1S/C36H38FNO7/c1-22(2)38-29(18-17-27(39)20-28(40)21-32(42)43)33(24-13-15-26(37)16-14-24)34(23-9-6-5-7-10-23)35(38)30(41)19-25-11-8-12-31(44-3)36(25)45-4/h5-18,22,27-28,39-40H,19-21H2,1-4H3,(H,42,43)/t27-,28-/m1/s1. The topological polar surface area (TPSA) is 118 Å². The molecule has 1 heterocycles. The molecule has 8 nitrogen and oxygen atoms in total. The Bertz CT molecular complexity index is 1660. The Kier molecular flexibility index (Phi) is 10.9. The van der Waals surface area contributed by atoms with Crippen molar-refractivity contribution >= 4 is 17.8 Å². The fraction of sp³-hybridized carbons (Fsp3) is 0.278. The number of carbonyl (C=O) groups is 2. The minimum atomic E-state index is -1.24. The van der Waals surface area contributed by atoms with E-state index < -0.39 is 30.4 Å². The van der Waals surface area contributed by atoms with Crippen LogP contribution in [-0.4, -0.2) is 58.1 Å². The van der Waals surface area contributed by atoms with Gasteiger partial charge in [0.25, 0.3) is 0 Å². The summed E-state index contributed by atoms with van der Waals surface area (Å²) >= 11 is 0. The smallest absolute Gasteiger partial charge is 0.305 e. The van der Waals surface area contributed by atoms with E-state index in [9.17, 15) is 24.2 Å². The number of rotatable bonds is 14. The van der Waals surface area contributed by atoms with Gasteiger partial charge in [-0.1, -0.05) is 60.7 Å². The van der Waals surface area contributed by atoms with Crippen LogP contribution in [0.25, 0.3) is 28.3 Å². The predicted octanol–water partition coefficient (Wildman–Crippen LogP) is 6.58. The molecule has 0 radical (unpaired) electrons. The molecule has 0 aliphatic heterocycles. The number of aromatic nitrogens is 1. The van der Waals surface area contributed by atoms with Crippen molar-refractivity contribution in [3.63, 3.8) is 0 Å². The van der Waals surface area contributed by atoms with Crippen LogP contribution in [-0.2, 0) is 11.2 Å². The van der Waals surface area contributed by atoms with Crippen LogP contribution in [0.4, 0.5) is 4.39 Å². The average Bonchev–Trinajstić information content (AvgIpc) is 3.35. The molecule has 9 heteroatoms. The van der Waals surface area contributed by atoms with E-state index in [0.717, 1.165) is 5.56 Å². The van der Waals surface area contributed by atoms with Crippen LogP contribution in [0.5, 0.6) is 11.5 Å². The Morgan fingerprint density at radius 3 is 2.16 bits per heavy atom. The number of aliphatic carboxylic acids is 1. The molecule has 0 saturated heterocycles. The zero-order valence-corrected chi connectivity index (χ0v) is 25.7. The number of ketones is 1. The summed E-state index contributed by atoms with van der Waals surface area (Å²) in [4.78, 5) is 25.5. The summed E-state index contributed by atoms with van der Waals surface area (Å²) in [5, 5.41) is 29.8. The fourth-order valence-corrected chi connectivity index (χ4v) is 5.57. The molecule has 3 aromatic carbocycles. The van der Waals surface area contributed by atoms with Crippen molar-refractivity contribution in [2.24, 2.45) is 0 Å². The van der Waals surface area contributed by atoms with Gasteiger partial charge < -0.3 is 29.4 Å². The van der Waals surface area contributed by atoms with Crippen LogP contribution < -0.4 is 9.47 Å². The first-order valence-electron chi connectivity index (χ1n) is 14.6. The third kappa shape index (κ3) is 7.68. The van der Waals surface area contributed by atoms with Gasteiger partial charge in [-0.25, -0.2) is 4.39 Å². The molecule has 0 unspecified atom stereocenters. The van der Waals surface area contributed by atoms with Crippen LogP contribution in [0.15, 0.2) is 78.9 Å². The first-order valence-corrected chi connectivity index (χ1v) is 14.6. The average molecular weight is 616 g/mol. The van der Waals surface area contributed by atoms with Crippen molar-refractivity contribution in [3.8, 4) is 33.8 Å². The highest BCUT2D eigenvalue weighted by molar-refractivity contribution is 6.08. The Hall–Kier alpha value is -4.73. The van der Waals surface area contributed by atoms with E-state index in [1.807, 2.05) is 54.8 Å². The molecule has 1 aromatic heterocycles. The lowest BCUT2D eigenvalue weighted by atomic mass is 9.92. The van der Waals surface area contributed by atoms with Gasteiger partial charge in [0.1, 0.15) is 5.82 Å². The number of Topliss-reactive ketones (excluding diaryl/α,β-unsaturated/α-hetero) is 1. The number of carboxylic acid groups (broad SMARTS) is 1. The minimum absolute atomic E-state index is 0.00699. The van der Waals surface area contributed by atoms with Gasteiger partial charge in [0.2, 0.25) is 0 Å². The number of aliphatic hydroxyl groups excluding tert-OH is 2. The molecule has 4 rings (SSSR count). The monoisotopic (exact) mass is 615 g/mol. The number of ether oxygens (including phenoxy) is 2. The normalized spacial score (nSPS) is 12.8. The van der Waals surface area contributed by atoms with Crippen LogP contribution in [0.3, 0.4) is 0 Å². The summed E-state index contributed by atoms with van der Waals surface area (Å²) in [5.74, 6) is -0.826. The van der Waals surface area contributed by atoms with Crippen LogP contribution in [0.2, 0.25) is 0 Å². The number of nitrogens with zero attached hydrogens (tertiary/aromatic N) is 1. The number of methoxy groups -OCH3 is 2. The van der Waals surface area contributed by atoms with Crippen molar-refractivity contribution in [2.75, 3.05) is 14.2 Å². The quantitative estimate of drug-likeness (QED) is 0.137. The lowest BCUT2D eigenvalue weighted by molar-refractivity contribution is -0.139. The van der Waals surface area contributed by atoms with Crippen LogP contribution >= 0.6 is 0 Å². The van der Waals surface area contributed by atoms with E-state index in [0.29, 0.717) is 45.1 Å². The highest BCUT2D eigenvalue weighted by atomic mass is 19.1. The van der Waals surface area contributed by atoms with Gasteiger partial charge >= 0.3 is 5.97 Å². The maximum absolute atomic E-state index is 14.5. The summed E-state index contributed by atoms with van der Waals surface area (Å²) in [5.41, 5.74) is 4.37. The van der Waals surface area contributed by atoms with Crippen molar-refractivity contribution in [2.45, 2.75) is 51.4 Å². The van der Waals surface area contributed by atoms with Gasteiger partial charge in [-0.05, 0) is 49.2 Å². The third-order valence-corrected chi connectivity index (χ3v) is 7.45. The second-order valence-electron chi connectivity index (χ2n) is 11.0. The zero-order valence-electron chi connectivity index (χ0n) is 25.7. The molecule has 45 heavy (non-hydrogen) atoms.